The summed E-state index contributed by atoms with van der Waals surface area (Å²) in [4.78, 5) is 15.4. The van der Waals surface area contributed by atoms with Crippen LogP contribution in [0.15, 0.2) is 42.7 Å². The molecule has 0 aliphatic heterocycles. The van der Waals surface area contributed by atoms with Crippen LogP contribution in [-0.2, 0) is 0 Å². The van der Waals surface area contributed by atoms with Crippen molar-refractivity contribution in [2.24, 2.45) is 0 Å². The Bertz CT molecular complexity index is 602. The number of rotatable bonds is 3. The average molecular weight is 262 g/mol. The number of carbonyl (C=O) groups is 1. The molecule has 1 heterocycles. The van der Waals surface area contributed by atoms with Gasteiger partial charge in [0.1, 0.15) is 5.82 Å². The number of nitrogens with zero attached hydrogens (tertiary/aromatic N) is 1. The fourth-order valence-electron chi connectivity index (χ4n) is 1.69. The first kappa shape index (κ1) is 13.1. The lowest BCUT2D eigenvalue weighted by atomic mass is 10.1. The Balaban J connectivity index is 2.13. The summed E-state index contributed by atoms with van der Waals surface area (Å²) in [5.74, 6) is -1.63. The van der Waals surface area contributed by atoms with Crippen LogP contribution in [0.5, 0.6) is 0 Å². The summed E-state index contributed by atoms with van der Waals surface area (Å²) in [6.07, 6.45) is 2.31. The van der Waals surface area contributed by atoms with Crippen LogP contribution in [0.2, 0.25) is 0 Å². The van der Waals surface area contributed by atoms with Gasteiger partial charge in [-0.1, -0.05) is 12.1 Å². The monoisotopic (exact) mass is 262 g/mol. The molecule has 3 nitrogen and oxygen atoms in total. The molecule has 1 N–H and O–H groups in total. The third-order valence-corrected chi connectivity index (χ3v) is 2.71. The summed E-state index contributed by atoms with van der Waals surface area (Å²) in [5.41, 5.74) is 0.529. The number of nitrogens with one attached hydrogen (secondary N) is 1. The van der Waals surface area contributed by atoms with Crippen molar-refractivity contribution in [2.75, 3.05) is 0 Å². The molecular formula is C14H12F2N2O. The number of aromatic nitrogens is 1. The maximum atomic E-state index is 13.4. The van der Waals surface area contributed by atoms with E-state index in [1.807, 2.05) is 0 Å². The van der Waals surface area contributed by atoms with Crippen LogP contribution in [0.4, 0.5) is 8.78 Å². The number of halogens is 2. The van der Waals surface area contributed by atoms with E-state index in [0.29, 0.717) is 5.56 Å². The number of hydrogen-bond donors (Lipinski definition) is 1. The van der Waals surface area contributed by atoms with Gasteiger partial charge in [-0.25, -0.2) is 8.78 Å². The average Bonchev–Trinajstić information content (AvgIpc) is 2.39. The van der Waals surface area contributed by atoms with Gasteiger partial charge < -0.3 is 5.32 Å². The Kier molecular flexibility index (Phi) is 3.85. The summed E-state index contributed by atoms with van der Waals surface area (Å²) < 4.78 is 26.4. The van der Waals surface area contributed by atoms with Crippen LogP contribution in [0.3, 0.4) is 0 Å². The van der Waals surface area contributed by atoms with Crippen molar-refractivity contribution < 1.29 is 13.6 Å². The predicted molar refractivity (Wildman–Crippen MR) is 66.5 cm³/mol. The maximum absolute atomic E-state index is 13.4. The summed E-state index contributed by atoms with van der Waals surface area (Å²) in [7, 11) is 0. The number of hydrogen-bond acceptors (Lipinski definition) is 2. The predicted octanol–water partition coefficient (Wildman–Crippen LogP) is 2.85. The van der Waals surface area contributed by atoms with Gasteiger partial charge in [0.2, 0.25) is 0 Å². The molecule has 98 valence electrons. The van der Waals surface area contributed by atoms with E-state index >= 15 is 0 Å². The molecule has 0 saturated heterocycles. The first-order chi connectivity index (χ1) is 9.08. The van der Waals surface area contributed by atoms with E-state index in [9.17, 15) is 13.6 Å². The molecule has 1 aromatic heterocycles. The number of pyridine rings is 1. The van der Waals surface area contributed by atoms with Crippen LogP contribution in [0.25, 0.3) is 0 Å². The van der Waals surface area contributed by atoms with E-state index in [4.69, 9.17) is 0 Å². The Morgan fingerprint density at radius 1 is 1.32 bits per heavy atom. The summed E-state index contributed by atoms with van der Waals surface area (Å²) in [6.45, 7) is 1.70. The van der Waals surface area contributed by atoms with Gasteiger partial charge in [0.25, 0.3) is 5.91 Å². The van der Waals surface area contributed by atoms with Crippen molar-refractivity contribution in [2.45, 2.75) is 13.0 Å². The second-order valence-electron chi connectivity index (χ2n) is 4.11. The van der Waals surface area contributed by atoms with Gasteiger partial charge in [0.15, 0.2) is 5.82 Å². The van der Waals surface area contributed by atoms with Crippen LogP contribution in [-0.4, -0.2) is 10.9 Å². The Morgan fingerprint density at radius 3 is 2.79 bits per heavy atom. The molecule has 0 saturated carbocycles. The second kappa shape index (κ2) is 5.56. The molecule has 0 radical (unpaired) electrons. The van der Waals surface area contributed by atoms with Gasteiger partial charge in [-0.05, 0) is 30.7 Å². The van der Waals surface area contributed by atoms with Crippen molar-refractivity contribution >= 4 is 5.91 Å². The molecule has 0 aliphatic rings. The molecule has 0 spiro atoms. The van der Waals surface area contributed by atoms with Crippen molar-refractivity contribution in [1.29, 1.82) is 0 Å². The summed E-state index contributed by atoms with van der Waals surface area (Å²) in [5, 5.41) is 2.61. The maximum Gasteiger partial charge on any atom is 0.254 e. The van der Waals surface area contributed by atoms with E-state index in [-0.39, 0.29) is 11.4 Å². The lowest BCUT2D eigenvalue weighted by molar-refractivity contribution is 0.0935. The van der Waals surface area contributed by atoms with Crippen molar-refractivity contribution in [3.8, 4) is 0 Å². The fraction of sp³-hybridized carbons (Fsp3) is 0.143. The number of carbonyl (C=O) groups excluding carboxylic acids is 1. The molecule has 0 fully saturated rings. The minimum Gasteiger partial charge on any atom is -0.345 e. The van der Waals surface area contributed by atoms with Gasteiger partial charge >= 0.3 is 0 Å². The smallest absolute Gasteiger partial charge is 0.254 e. The molecule has 0 bridgehead atoms. The Hall–Kier alpha value is -2.30. The zero-order chi connectivity index (χ0) is 13.8. The molecule has 5 heteroatoms. The molecule has 1 atom stereocenters. The quantitative estimate of drug-likeness (QED) is 0.924. The lowest BCUT2D eigenvalue weighted by Gasteiger charge is -2.14. The van der Waals surface area contributed by atoms with Crippen molar-refractivity contribution in [3.05, 3.63) is 65.5 Å². The Morgan fingerprint density at radius 2 is 2.11 bits per heavy atom. The molecule has 1 amide bonds. The van der Waals surface area contributed by atoms with E-state index in [2.05, 4.69) is 10.3 Å². The summed E-state index contributed by atoms with van der Waals surface area (Å²) >= 11 is 0. The van der Waals surface area contributed by atoms with E-state index in [1.54, 1.807) is 19.1 Å². The van der Waals surface area contributed by atoms with Gasteiger partial charge in [0.05, 0.1) is 17.8 Å². The molecule has 2 rings (SSSR count). The SMILES string of the molecule is CC(NC(=O)c1ccncc1F)c1cccc(F)c1. The second-order valence-corrected chi connectivity index (χ2v) is 4.11. The minimum absolute atomic E-state index is 0.0850. The fourth-order valence-corrected chi connectivity index (χ4v) is 1.69. The van der Waals surface area contributed by atoms with E-state index in [1.165, 1.54) is 24.4 Å². The standard InChI is InChI=1S/C14H12F2N2O/c1-9(10-3-2-4-11(15)7-10)18-14(19)12-5-6-17-8-13(12)16/h2-9H,1H3,(H,18,19). The zero-order valence-corrected chi connectivity index (χ0v) is 10.2. The van der Waals surface area contributed by atoms with Gasteiger partial charge in [-0.2, -0.15) is 0 Å². The third kappa shape index (κ3) is 3.13. The van der Waals surface area contributed by atoms with E-state index in [0.717, 1.165) is 6.20 Å². The first-order valence-corrected chi connectivity index (χ1v) is 5.74. The number of benzene rings is 1. The van der Waals surface area contributed by atoms with Crippen LogP contribution >= 0.6 is 0 Å². The number of amides is 1. The first-order valence-electron chi connectivity index (χ1n) is 5.74. The highest BCUT2D eigenvalue weighted by Crippen LogP contribution is 2.14. The van der Waals surface area contributed by atoms with Crippen molar-refractivity contribution in [1.82, 2.24) is 10.3 Å². The highest BCUT2D eigenvalue weighted by molar-refractivity contribution is 5.94. The zero-order valence-electron chi connectivity index (χ0n) is 10.2. The molecule has 0 aliphatic carbocycles. The molecule has 1 unspecified atom stereocenters. The highest BCUT2D eigenvalue weighted by atomic mass is 19.1. The van der Waals surface area contributed by atoms with Gasteiger partial charge in [-0.15, -0.1) is 0 Å². The van der Waals surface area contributed by atoms with Crippen LogP contribution in [0, 0.1) is 11.6 Å². The highest BCUT2D eigenvalue weighted by Gasteiger charge is 2.15. The molecule has 1 aromatic carbocycles. The Labute approximate surface area is 109 Å². The normalized spacial score (nSPS) is 11.9. The van der Waals surface area contributed by atoms with Crippen molar-refractivity contribution in [3.63, 3.8) is 0 Å². The van der Waals surface area contributed by atoms with Crippen LogP contribution in [0.1, 0.15) is 28.9 Å². The third-order valence-electron chi connectivity index (χ3n) is 2.71. The molecular weight excluding hydrogens is 250 g/mol. The topological polar surface area (TPSA) is 42.0 Å². The largest absolute Gasteiger partial charge is 0.345 e. The summed E-state index contributed by atoms with van der Waals surface area (Å²) in [6, 6.07) is 6.77. The van der Waals surface area contributed by atoms with Crippen LogP contribution < -0.4 is 5.32 Å². The molecule has 19 heavy (non-hydrogen) atoms. The van der Waals surface area contributed by atoms with Gasteiger partial charge in [0, 0.05) is 6.20 Å². The molecule has 2 aromatic rings. The lowest BCUT2D eigenvalue weighted by Crippen LogP contribution is -2.27. The van der Waals surface area contributed by atoms with E-state index < -0.39 is 17.8 Å². The minimum atomic E-state index is -0.688. The van der Waals surface area contributed by atoms with Gasteiger partial charge in [-0.3, -0.25) is 9.78 Å².